The quantitative estimate of drug-likeness (QED) is 0.120. The Bertz CT molecular complexity index is 1870. The number of amides is 2. The highest BCUT2D eigenvalue weighted by molar-refractivity contribution is 8.01. The fraction of sp³-hybridized carbons (Fsp3) is 0.229. The fourth-order valence-corrected chi connectivity index (χ4v) is 8.12. The zero-order chi connectivity index (χ0) is 33.5. The maximum atomic E-state index is 15.7. The number of aromatic nitrogens is 3. The molecule has 6 rings (SSSR count). The lowest BCUT2D eigenvalue weighted by molar-refractivity contribution is -0.132. The summed E-state index contributed by atoms with van der Waals surface area (Å²) in [7, 11) is 0. The third-order valence-corrected chi connectivity index (χ3v) is 11.1. The van der Waals surface area contributed by atoms with E-state index in [4.69, 9.17) is 0 Å². The Morgan fingerprint density at radius 2 is 1.71 bits per heavy atom. The third kappa shape index (κ3) is 7.70. The number of carbonyl (C=O) groups is 2. The molecule has 13 heteroatoms. The third-order valence-electron chi connectivity index (χ3n) is 8.35. The van der Waals surface area contributed by atoms with E-state index in [0.29, 0.717) is 48.9 Å². The molecular formula is C35H33FN6O3S3. The molecule has 3 N–H and O–H groups in total. The van der Waals surface area contributed by atoms with Crippen LogP contribution in [0.3, 0.4) is 0 Å². The molecule has 0 saturated carbocycles. The predicted octanol–water partition coefficient (Wildman–Crippen LogP) is 7.51. The maximum absolute atomic E-state index is 15.7. The monoisotopic (exact) mass is 700 g/mol. The van der Waals surface area contributed by atoms with Crippen molar-refractivity contribution in [2.75, 3.05) is 25.0 Å². The molecule has 0 aliphatic carbocycles. The number of anilines is 2. The molecule has 246 valence electrons. The second-order valence-electron chi connectivity index (χ2n) is 11.5. The van der Waals surface area contributed by atoms with Crippen molar-refractivity contribution in [1.29, 1.82) is 0 Å². The number of pyridine rings is 2. The first kappa shape index (κ1) is 33.6. The Kier molecular flexibility index (Phi) is 10.7. The average Bonchev–Trinajstić information content (AvgIpc) is 3.56. The molecule has 0 radical (unpaired) electrons. The highest BCUT2D eigenvalue weighted by Crippen LogP contribution is 2.39. The second kappa shape index (κ2) is 15.3. The molecule has 9 nitrogen and oxygen atoms in total. The minimum atomic E-state index is -0.715. The van der Waals surface area contributed by atoms with E-state index in [1.165, 1.54) is 35.4 Å². The van der Waals surface area contributed by atoms with Gasteiger partial charge in [-0.1, -0.05) is 83.8 Å². The van der Waals surface area contributed by atoms with Crippen LogP contribution in [0.4, 0.5) is 15.3 Å². The average molecular weight is 701 g/mol. The van der Waals surface area contributed by atoms with Gasteiger partial charge >= 0.3 is 0 Å². The van der Waals surface area contributed by atoms with Crippen LogP contribution in [-0.4, -0.2) is 55.9 Å². The van der Waals surface area contributed by atoms with E-state index in [2.05, 4.69) is 25.6 Å². The Morgan fingerprint density at radius 3 is 2.42 bits per heavy atom. The van der Waals surface area contributed by atoms with Gasteiger partial charge in [-0.25, -0.2) is 19.3 Å². The van der Waals surface area contributed by atoms with Gasteiger partial charge in [-0.2, -0.15) is 0 Å². The highest BCUT2D eigenvalue weighted by atomic mass is 32.2. The van der Waals surface area contributed by atoms with E-state index in [1.54, 1.807) is 17.3 Å². The number of hydrogen-bond acceptors (Lipinski definition) is 10. The molecule has 3 aromatic heterocycles. The minimum Gasteiger partial charge on any atom is -0.350 e. The summed E-state index contributed by atoms with van der Waals surface area (Å²) >= 11 is 3.06. The molecule has 1 aliphatic heterocycles. The number of nitrogens with one attached hydrogen (secondary N) is 2. The van der Waals surface area contributed by atoms with Crippen molar-refractivity contribution in [3.63, 3.8) is 0 Å². The van der Waals surface area contributed by atoms with Gasteiger partial charge in [0.2, 0.25) is 5.91 Å². The lowest BCUT2D eigenvalue weighted by Crippen LogP contribution is -2.51. The zero-order valence-corrected chi connectivity index (χ0v) is 28.5. The number of carbonyl (C=O) groups excluding carboxylic acids is 2. The number of aryl methyl sites for hydroxylation is 1. The fourth-order valence-electron chi connectivity index (χ4n) is 5.74. The molecule has 0 bridgehead atoms. The maximum Gasteiger partial charge on any atom is 0.273 e. The van der Waals surface area contributed by atoms with Crippen LogP contribution in [-0.2, 0) is 10.2 Å². The van der Waals surface area contributed by atoms with E-state index < -0.39 is 22.4 Å². The van der Waals surface area contributed by atoms with Gasteiger partial charge in [0, 0.05) is 49.5 Å². The molecule has 5 aromatic rings. The molecule has 4 heterocycles. The summed E-state index contributed by atoms with van der Waals surface area (Å²) < 4.78 is 26.4. The Labute approximate surface area is 290 Å². The summed E-state index contributed by atoms with van der Waals surface area (Å²) in [6, 6.07) is 24.4. The number of hydrogen-bond donors (Lipinski definition) is 3. The standard InChI is InChI=1S/C35H33FN6O3S3/c1-23-12-16-37-27(20-23)41-34-39-21-28(47-34)46-26-13-17-38-30(29(26)36)32(43)40-22-35(25-10-6-3-7-11-25)14-18-42(19-15-35)33(44)31(48-45)24-8-4-2-5-9-24/h2-13,16-17,20-21,31,45H,14-15,18-19,22H2,1H3,(H,40,43)(H,37,39,41). The lowest BCUT2D eigenvalue weighted by atomic mass is 9.72. The summed E-state index contributed by atoms with van der Waals surface area (Å²) in [6.07, 6.45) is 5.94. The van der Waals surface area contributed by atoms with Crippen LogP contribution in [0.25, 0.3) is 0 Å². The van der Waals surface area contributed by atoms with Crippen LogP contribution in [0.1, 0.15) is 45.3 Å². The van der Waals surface area contributed by atoms with E-state index in [9.17, 15) is 14.1 Å². The molecule has 0 spiro atoms. The van der Waals surface area contributed by atoms with Crippen LogP contribution in [0.15, 0.2) is 107 Å². The van der Waals surface area contributed by atoms with Crippen LogP contribution >= 0.6 is 35.1 Å². The Morgan fingerprint density at radius 1 is 1.00 bits per heavy atom. The molecule has 1 unspecified atom stereocenters. The van der Waals surface area contributed by atoms with E-state index in [1.807, 2.05) is 79.7 Å². The summed E-state index contributed by atoms with van der Waals surface area (Å²) in [4.78, 5) is 41.7. The number of rotatable bonds is 11. The number of nitrogens with zero attached hydrogens (tertiary/aromatic N) is 4. The van der Waals surface area contributed by atoms with Gasteiger partial charge in [0.05, 0.1) is 15.3 Å². The molecular weight excluding hydrogens is 668 g/mol. The van der Waals surface area contributed by atoms with Gasteiger partial charge in [-0.05, 0) is 54.7 Å². The van der Waals surface area contributed by atoms with Gasteiger partial charge < -0.3 is 20.1 Å². The van der Waals surface area contributed by atoms with E-state index >= 15 is 4.39 Å². The van der Waals surface area contributed by atoms with Crippen molar-refractivity contribution in [2.24, 2.45) is 0 Å². The van der Waals surface area contributed by atoms with Crippen molar-refractivity contribution in [2.45, 2.75) is 39.5 Å². The van der Waals surface area contributed by atoms with Crippen LogP contribution in [0.5, 0.6) is 0 Å². The van der Waals surface area contributed by atoms with Gasteiger partial charge in [-0.3, -0.25) is 9.59 Å². The van der Waals surface area contributed by atoms with Gasteiger partial charge in [-0.15, -0.1) is 0 Å². The number of halogens is 1. The minimum absolute atomic E-state index is 0.157. The van der Waals surface area contributed by atoms with Crippen molar-refractivity contribution >= 4 is 57.9 Å². The van der Waals surface area contributed by atoms with Gasteiger partial charge in [0.25, 0.3) is 5.91 Å². The van der Waals surface area contributed by atoms with Crippen LogP contribution < -0.4 is 10.6 Å². The predicted molar refractivity (Wildman–Crippen MR) is 188 cm³/mol. The normalized spacial score (nSPS) is 14.7. The first-order valence-corrected chi connectivity index (χ1v) is 17.8. The van der Waals surface area contributed by atoms with Gasteiger partial charge in [0.1, 0.15) is 11.1 Å². The van der Waals surface area contributed by atoms with Crippen molar-refractivity contribution in [1.82, 2.24) is 25.2 Å². The first-order valence-electron chi connectivity index (χ1n) is 15.3. The van der Waals surface area contributed by atoms with Crippen molar-refractivity contribution in [3.8, 4) is 0 Å². The molecule has 2 aromatic carbocycles. The topological polar surface area (TPSA) is 120 Å². The SMILES string of the molecule is Cc1ccnc(Nc2ncc(Sc3ccnc(C(=O)NCC4(c5ccccc5)CCN(C(=O)C(SO)c5ccccc5)CC4)c3F)s2)c1. The second-order valence-corrected chi connectivity index (χ2v) is 14.5. The molecule has 1 aliphatic rings. The summed E-state index contributed by atoms with van der Waals surface area (Å²) in [6.45, 7) is 3.10. The number of thiazole rings is 1. The summed E-state index contributed by atoms with van der Waals surface area (Å²) in [5, 5.41) is 6.02. The van der Waals surface area contributed by atoms with E-state index in [-0.39, 0.29) is 23.0 Å². The zero-order valence-electron chi connectivity index (χ0n) is 26.0. The summed E-state index contributed by atoms with van der Waals surface area (Å²) in [5.41, 5.74) is 2.07. The Balaban J connectivity index is 1.13. The van der Waals surface area contributed by atoms with Crippen molar-refractivity contribution < 1.29 is 18.5 Å². The first-order chi connectivity index (χ1) is 23.3. The number of benzene rings is 2. The highest BCUT2D eigenvalue weighted by Gasteiger charge is 2.39. The molecule has 1 atom stereocenters. The van der Waals surface area contributed by atoms with Gasteiger partial charge in [0.15, 0.2) is 16.6 Å². The molecule has 1 saturated heterocycles. The molecule has 48 heavy (non-hydrogen) atoms. The lowest BCUT2D eigenvalue weighted by Gasteiger charge is -2.43. The largest absolute Gasteiger partial charge is 0.350 e. The molecule has 1 fully saturated rings. The van der Waals surface area contributed by atoms with Crippen molar-refractivity contribution in [3.05, 3.63) is 126 Å². The van der Waals surface area contributed by atoms with Crippen LogP contribution in [0, 0.1) is 12.7 Å². The molecule has 2 amide bonds. The summed E-state index contributed by atoms with van der Waals surface area (Å²) in [5.74, 6) is -0.802. The van der Waals surface area contributed by atoms with Crippen LogP contribution in [0.2, 0.25) is 0 Å². The van der Waals surface area contributed by atoms with E-state index in [0.717, 1.165) is 20.9 Å². The Hall–Kier alpha value is -4.30. The smallest absolute Gasteiger partial charge is 0.273 e. The number of piperidine rings is 1. The number of likely N-dealkylation sites (tertiary alicyclic amines) is 1.